The Balaban J connectivity index is 2.64. The van der Waals surface area contributed by atoms with Gasteiger partial charge in [-0.05, 0) is 41.2 Å². The van der Waals surface area contributed by atoms with Gasteiger partial charge in [-0.25, -0.2) is 0 Å². The van der Waals surface area contributed by atoms with Crippen LogP contribution < -0.4 is 5.32 Å². The van der Waals surface area contributed by atoms with Gasteiger partial charge >= 0.3 is 5.97 Å². The highest BCUT2D eigenvalue weighted by atomic mass is 16.5. The predicted octanol–water partition coefficient (Wildman–Crippen LogP) is 0.937. The van der Waals surface area contributed by atoms with E-state index < -0.39 is 11.5 Å². The summed E-state index contributed by atoms with van der Waals surface area (Å²) in [5.41, 5.74) is -0.871. The second-order valence-corrected chi connectivity index (χ2v) is 5.65. The summed E-state index contributed by atoms with van der Waals surface area (Å²) in [7, 11) is 1.70. The number of nitrogens with zero attached hydrogens (tertiary/aromatic N) is 1. The Kier molecular flexibility index (Phi) is 5.13. The molecule has 1 saturated heterocycles. The van der Waals surface area contributed by atoms with Crippen LogP contribution in [0, 0.1) is 0 Å². The van der Waals surface area contributed by atoms with E-state index in [1.807, 2.05) is 0 Å². The van der Waals surface area contributed by atoms with Gasteiger partial charge in [0.2, 0.25) is 0 Å². The largest absolute Gasteiger partial charge is 0.480 e. The zero-order valence-corrected chi connectivity index (χ0v) is 12.1. The third kappa shape index (κ3) is 3.67. The Labute approximate surface area is 109 Å². The van der Waals surface area contributed by atoms with E-state index >= 15 is 0 Å². The first-order valence-corrected chi connectivity index (χ1v) is 6.60. The maximum Gasteiger partial charge on any atom is 0.323 e. The number of likely N-dealkylation sites (N-methyl/N-ethyl adjacent to an activating group) is 1. The number of carboxylic acids is 1. The van der Waals surface area contributed by atoms with Gasteiger partial charge in [-0.3, -0.25) is 9.69 Å². The highest BCUT2D eigenvalue weighted by Gasteiger charge is 2.36. The predicted molar refractivity (Wildman–Crippen MR) is 70.8 cm³/mol. The Morgan fingerprint density at radius 1 is 1.50 bits per heavy atom. The first kappa shape index (κ1) is 15.4. The minimum absolute atomic E-state index is 0.210. The fourth-order valence-corrected chi connectivity index (χ4v) is 2.59. The van der Waals surface area contributed by atoms with Crippen LogP contribution in [0.5, 0.6) is 0 Å². The van der Waals surface area contributed by atoms with Gasteiger partial charge < -0.3 is 15.2 Å². The first-order chi connectivity index (χ1) is 8.28. The Morgan fingerprint density at radius 3 is 2.39 bits per heavy atom. The Hall–Kier alpha value is -0.650. The van der Waals surface area contributed by atoms with Crippen LogP contribution >= 0.6 is 0 Å². The van der Waals surface area contributed by atoms with E-state index in [2.05, 4.69) is 31.0 Å². The second kappa shape index (κ2) is 5.99. The third-order valence-electron chi connectivity index (χ3n) is 3.80. The first-order valence-electron chi connectivity index (χ1n) is 6.60. The molecule has 0 spiro atoms. The maximum absolute atomic E-state index is 11.3. The normalized spacial score (nSPS) is 30.7. The molecule has 0 bridgehead atoms. The molecule has 0 amide bonds. The van der Waals surface area contributed by atoms with E-state index in [-0.39, 0.29) is 18.2 Å². The molecule has 1 aliphatic rings. The van der Waals surface area contributed by atoms with Crippen molar-refractivity contribution in [2.24, 2.45) is 0 Å². The van der Waals surface area contributed by atoms with E-state index in [0.717, 1.165) is 13.1 Å². The zero-order chi connectivity index (χ0) is 13.9. The second-order valence-electron chi connectivity index (χ2n) is 5.65. The molecule has 0 saturated carbocycles. The number of hydrogen-bond donors (Lipinski definition) is 2. The summed E-state index contributed by atoms with van der Waals surface area (Å²) in [5.74, 6) is -0.800. The van der Waals surface area contributed by atoms with E-state index in [1.54, 1.807) is 14.0 Å². The number of nitrogens with one attached hydrogen (secondary N) is 1. The Bertz CT molecular complexity index is 288. The molecule has 0 aromatic carbocycles. The minimum Gasteiger partial charge on any atom is -0.480 e. The molecule has 1 fully saturated rings. The van der Waals surface area contributed by atoms with Gasteiger partial charge in [0.05, 0.1) is 12.2 Å². The van der Waals surface area contributed by atoms with Crippen molar-refractivity contribution >= 4 is 5.97 Å². The molecule has 1 rings (SSSR count). The molecular weight excluding hydrogens is 232 g/mol. The van der Waals surface area contributed by atoms with E-state index in [1.165, 1.54) is 0 Å². The molecule has 4 atom stereocenters. The van der Waals surface area contributed by atoms with Gasteiger partial charge in [0.25, 0.3) is 0 Å². The van der Waals surface area contributed by atoms with Crippen molar-refractivity contribution in [2.75, 3.05) is 20.1 Å². The number of ether oxygens (including phenoxy) is 1. The molecule has 0 aliphatic carbocycles. The minimum atomic E-state index is -0.871. The van der Waals surface area contributed by atoms with Gasteiger partial charge in [0.1, 0.15) is 5.54 Å². The van der Waals surface area contributed by atoms with Gasteiger partial charge in [-0.1, -0.05) is 0 Å². The fourth-order valence-electron chi connectivity index (χ4n) is 2.59. The number of carbonyl (C=O) groups is 1. The number of morpholine rings is 1. The highest BCUT2D eigenvalue weighted by molar-refractivity contribution is 5.78. The fraction of sp³-hybridized carbons (Fsp3) is 0.923. The summed E-state index contributed by atoms with van der Waals surface area (Å²) in [6.45, 7) is 9.67. The van der Waals surface area contributed by atoms with Crippen LogP contribution in [0.4, 0.5) is 0 Å². The molecule has 4 unspecified atom stereocenters. The average molecular weight is 258 g/mol. The van der Waals surface area contributed by atoms with Crippen molar-refractivity contribution in [3.63, 3.8) is 0 Å². The standard InChI is InChI=1S/C13H26N2O3/c1-9(6-13(4,14-5)12(16)17)15-7-10(2)18-11(3)8-15/h9-11,14H,6-8H2,1-5H3,(H,16,17). The van der Waals surface area contributed by atoms with Crippen LogP contribution in [0.2, 0.25) is 0 Å². The van der Waals surface area contributed by atoms with Crippen molar-refractivity contribution in [3.8, 4) is 0 Å². The topological polar surface area (TPSA) is 61.8 Å². The molecule has 1 aliphatic heterocycles. The number of aliphatic carboxylic acids is 1. The number of carboxylic acid groups (broad SMARTS) is 1. The molecule has 5 heteroatoms. The molecule has 1 heterocycles. The average Bonchev–Trinajstić information content (AvgIpc) is 2.27. The monoisotopic (exact) mass is 258 g/mol. The molecule has 0 aromatic heterocycles. The van der Waals surface area contributed by atoms with Crippen molar-refractivity contribution in [1.82, 2.24) is 10.2 Å². The van der Waals surface area contributed by atoms with Gasteiger partial charge in [-0.2, -0.15) is 0 Å². The SMILES string of the molecule is CNC(C)(CC(C)N1CC(C)OC(C)C1)C(=O)O. The molecule has 0 aromatic rings. The van der Waals surface area contributed by atoms with Crippen molar-refractivity contribution in [3.05, 3.63) is 0 Å². The summed E-state index contributed by atoms with van der Waals surface area (Å²) in [4.78, 5) is 13.6. The van der Waals surface area contributed by atoms with Gasteiger partial charge in [0.15, 0.2) is 0 Å². The third-order valence-corrected chi connectivity index (χ3v) is 3.80. The summed E-state index contributed by atoms with van der Waals surface area (Å²) in [6, 6.07) is 0.215. The lowest BCUT2D eigenvalue weighted by Gasteiger charge is -2.41. The van der Waals surface area contributed by atoms with Crippen LogP contribution in [0.25, 0.3) is 0 Å². The summed E-state index contributed by atoms with van der Waals surface area (Å²) < 4.78 is 5.70. The summed E-state index contributed by atoms with van der Waals surface area (Å²) >= 11 is 0. The summed E-state index contributed by atoms with van der Waals surface area (Å²) in [5, 5.41) is 12.2. The van der Waals surface area contributed by atoms with Crippen LogP contribution in [0.3, 0.4) is 0 Å². The highest BCUT2D eigenvalue weighted by Crippen LogP contribution is 2.20. The molecule has 2 N–H and O–H groups in total. The van der Waals surface area contributed by atoms with Crippen LogP contribution in [0.15, 0.2) is 0 Å². The van der Waals surface area contributed by atoms with Crippen LogP contribution in [-0.2, 0) is 9.53 Å². The Morgan fingerprint density at radius 2 is 2.00 bits per heavy atom. The molecule has 106 valence electrons. The maximum atomic E-state index is 11.3. The van der Waals surface area contributed by atoms with Crippen LogP contribution in [0.1, 0.15) is 34.1 Å². The van der Waals surface area contributed by atoms with Crippen molar-refractivity contribution < 1.29 is 14.6 Å². The van der Waals surface area contributed by atoms with Gasteiger partial charge in [-0.15, -0.1) is 0 Å². The quantitative estimate of drug-likeness (QED) is 0.768. The lowest BCUT2D eigenvalue weighted by atomic mass is 9.92. The number of rotatable bonds is 5. The summed E-state index contributed by atoms with van der Waals surface area (Å²) in [6.07, 6.45) is 1.00. The molecule has 5 nitrogen and oxygen atoms in total. The smallest absolute Gasteiger partial charge is 0.323 e. The van der Waals surface area contributed by atoms with E-state index in [4.69, 9.17) is 4.74 Å². The zero-order valence-electron chi connectivity index (χ0n) is 12.1. The lowest BCUT2D eigenvalue weighted by molar-refractivity contribution is -0.145. The molecule has 0 radical (unpaired) electrons. The van der Waals surface area contributed by atoms with E-state index in [0.29, 0.717) is 6.42 Å². The van der Waals surface area contributed by atoms with Gasteiger partial charge in [0, 0.05) is 19.1 Å². The molecular formula is C13H26N2O3. The van der Waals surface area contributed by atoms with Crippen molar-refractivity contribution in [1.29, 1.82) is 0 Å². The number of hydrogen-bond acceptors (Lipinski definition) is 4. The van der Waals surface area contributed by atoms with Crippen LogP contribution in [-0.4, -0.2) is 59.9 Å². The molecule has 18 heavy (non-hydrogen) atoms. The lowest BCUT2D eigenvalue weighted by Crippen LogP contribution is -2.55. The van der Waals surface area contributed by atoms with E-state index in [9.17, 15) is 9.90 Å². The van der Waals surface area contributed by atoms with Crippen molar-refractivity contribution in [2.45, 2.75) is 57.9 Å².